The van der Waals surface area contributed by atoms with E-state index in [9.17, 15) is 33.6 Å². The van der Waals surface area contributed by atoms with Crippen molar-refractivity contribution in [2.24, 2.45) is 5.92 Å². The van der Waals surface area contributed by atoms with Gasteiger partial charge < -0.3 is 14.4 Å². The van der Waals surface area contributed by atoms with E-state index in [4.69, 9.17) is 14.4 Å². The van der Waals surface area contributed by atoms with Gasteiger partial charge in [0.1, 0.15) is 11.6 Å². The summed E-state index contributed by atoms with van der Waals surface area (Å²) in [5, 5.41) is 0.747. The van der Waals surface area contributed by atoms with E-state index in [1.165, 1.54) is 0 Å². The molecule has 0 unspecified atom stereocenters. The lowest BCUT2D eigenvalue weighted by molar-refractivity contribution is -0.206. The summed E-state index contributed by atoms with van der Waals surface area (Å²) in [6, 6.07) is -1.38. The van der Waals surface area contributed by atoms with E-state index in [1.54, 1.807) is 20.8 Å². The maximum absolute atomic E-state index is 12.9. The molecule has 3 aliphatic heterocycles. The normalized spacial score (nSPS) is 23.8. The minimum atomic E-state index is -1.38. The first kappa shape index (κ1) is 24.1. The maximum atomic E-state index is 12.9. The van der Waals surface area contributed by atoms with Crippen LogP contribution in [0.3, 0.4) is 0 Å². The fraction of sp³-hybridized carbons (Fsp3) is 0.650. The Kier molecular flexibility index (Phi) is 6.70. The lowest BCUT2D eigenvalue weighted by Crippen LogP contribution is -2.54. The van der Waals surface area contributed by atoms with Gasteiger partial charge in [0.25, 0.3) is 23.6 Å². The van der Waals surface area contributed by atoms with Crippen molar-refractivity contribution in [3.63, 3.8) is 0 Å². The third-order valence-electron chi connectivity index (χ3n) is 5.21. The largest absolute Gasteiger partial charge is 0.444 e. The van der Waals surface area contributed by atoms with Crippen molar-refractivity contribution in [1.29, 1.82) is 0 Å². The molecule has 3 aliphatic rings. The maximum Gasteiger partial charge on any atom is 0.411 e. The van der Waals surface area contributed by atoms with Crippen LogP contribution >= 0.6 is 0 Å². The molecule has 13 nitrogen and oxygen atoms in total. The monoisotopic (exact) mass is 467 g/mol. The van der Waals surface area contributed by atoms with Crippen LogP contribution in [0.15, 0.2) is 0 Å². The van der Waals surface area contributed by atoms with E-state index in [0.29, 0.717) is 10.1 Å². The number of imide groups is 2. The molecule has 3 saturated heterocycles. The zero-order valence-corrected chi connectivity index (χ0v) is 18.5. The number of rotatable bonds is 4. The second-order valence-corrected chi connectivity index (χ2v) is 8.90. The molecule has 3 rings (SSSR count). The van der Waals surface area contributed by atoms with Gasteiger partial charge in [-0.1, -0.05) is 0 Å². The van der Waals surface area contributed by atoms with Crippen LogP contribution in [0.5, 0.6) is 0 Å². The molecule has 13 heteroatoms. The zero-order valence-electron chi connectivity index (χ0n) is 18.5. The van der Waals surface area contributed by atoms with Crippen LogP contribution in [0.4, 0.5) is 4.79 Å². The van der Waals surface area contributed by atoms with Crippen LogP contribution in [0.2, 0.25) is 0 Å². The predicted molar refractivity (Wildman–Crippen MR) is 104 cm³/mol. The fourth-order valence-electron chi connectivity index (χ4n) is 3.57. The summed E-state index contributed by atoms with van der Waals surface area (Å²) in [4.78, 5) is 96.1. The minimum absolute atomic E-state index is 0.0552. The summed E-state index contributed by atoms with van der Waals surface area (Å²) in [5.41, 5.74) is -0.876. The number of likely N-dealkylation sites (tertiary alicyclic amines) is 1. The first-order valence-electron chi connectivity index (χ1n) is 10.5. The number of piperidine rings is 1. The van der Waals surface area contributed by atoms with Gasteiger partial charge >= 0.3 is 18.0 Å². The molecule has 3 heterocycles. The molecular formula is C20H25N3O10. The highest BCUT2D eigenvalue weighted by Crippen LogP contribution is 2.28. The van der Waals surface area contributed by atoms with Crippen molar-refractivity contribution in [2.75, 3.05) is 6.54 Å². The second-order valence-electron chi connectivity index (χ2n) is 8.90. The Morgan fingerprint density at radius 1 is 0.788 bits per heavy atom. The first-order chi connectivity index (χ1) is 15.4. The first-order valence-corrected chi connectivity index (χ1v) is 10.5. The molecule has 0 saturated carbocycles. The van der Waals surface area contributed by atoms with Gasteiger partial charge in [-0.25, -0.2) is 14.4 Å². The Balaban J connectivity index is 1.75. The van der Waals surface area contributed by atoms with Crippen LogP contribution in [-0.4, -0.2) is 74.9 Å². The van der Waals surface area contributed by atoms with Crippen LogP contribution < -0.4 is 0 Å². The molecule has 0 aromatic heterocycles. The Labute approximate surface area is 188 Å². The number of hydroxylamine groups is 4. The molecular weight excluding hydrogens is 442 g/mol. The van der Waals surface area contributed by atoms with E-state index in [-0.39, 0.29) is 45.1 Å². The van der Waals surface area contributed by atoms with Gasteiger partial charge in [0, 0.05) is 32.2 Å². The van der Waals surface area contributed by atoms with Crippen LogP contribution in [0.25, 0.3) is 0 Å². The summed E-state index contributed by atoms with van der Waals surface area (Å²) in [5.74, 6) is -5.69. The molecule has 5 amide bonds. The summed E-state index contributed by atoms with van der Waals surface area (Å²) < 4.78 is 5.32. The highest BCUT2D eigenvalue weighted by Gasteiger charge is 2.45. The third kappa shape index (κ3) is 5.46. The number of nitrogens with zero attached hydrogens (tertiary/aromatic N) is 3. The van der Waals surface area contributed by atoms with Gasteiger partial charge in [-0.2, -0.15) is 0 Å². The number of amides is 5. The molecule has 0 aliphatic carbocycles. The van der Waals surface area contributed by atoms with Crippen LogP contribution in [-0.2, 0) is 43.2 Å². The Bertz CT molecular complexity index is 876. The minimum Gasteiger partial charge on any atom is -0.444 e. The van der Waals surface area contributed by atoms with E-state index >= 15 is 0 Å². The van der Waals surface area contributed by atoms with Crippen molar-refractivity contribution in [3.8, 4) is 0 Å². The van der Waals surface area contributed by atoms with Gasteiger partial charge in [0.15, 0.2) is 0 Å². The van der Waals surface area contributed by atoms with E-state index < -0.39 is 59.2 Å². The molecule has 0 aromatic rings. The highest BCUT2D eigenvalue weighted by molar-refractivity contribution is 6.02. The highest BCUT2D eigenvalue weighted by atomic mass is 16.7. The van der Waals surface area contributed by atoms with Gasteiger partial charge in [-0.05, 0) is 33.6 Å². The second kappa shape index (κ2) is 9.16. The summed E-state index contributed by atoms with van der Waals surface area (Å²) in [6.07, 6.45) is -1.45. The lowest BCUT2D eigenvalue weighted by Gasteiger charge is -2.37. The number of carbonyl (C=O) groups is 7. The smallest absolute Gasteiger partial charge is 0.411 e. The summed E-state index contributed by atoms with van der Waals surface area (Å²) in [7, 11) is 0. The molecule has 0 spiro atoms. The Morgan fingerprint density at radius 2 is 1.24 bits per heavy atom. The van der Waals surface area contributed by atoms with Crippen molar-refractivity contribution in [2.45, 2.75) is 70.9 Å². The third-order valence-corrected chi connectivity index (χ3v) is 5.21. The van der Waals surface area contributed by atoms with Crippen molar-refractivity contribution in [3.05, 3.63) is 0 Å². The molecule has 0 radical (unpaired) electrons. The van der Waals surface area contributed by atoms with Gasteiger partial charge in [-0.3, -0.25) is 24.1 Å². The average molecular weight is 467 g/mol. The Hall–Kier alpha value is -3.51. The molecule has 2 atom stereocenters. The summed E-state index contributed by atoms with van der Waals surface area (Å²) >= 11 is 0. The molecule has 180 valence electrons. The number of hydrogen-bond donors (Lipinski definition) is 0. The van der Waals surface area contributed by atoms with E-state index in [2.05, 4.69) is 0 Å². The van der Waals surface area contributed by atoms with E-state index in [0.717, 1.165) is 4.90 Å². The topological polar surface area (TPSA) is 157 Å². The molecule has 33 heavy (non-hydrogen) atoms. The molecule has 0 aromatic carbocycles. The average Bonchev–Trinajstić information content (AvgIpc) is 3.22. The fourth-order valence-corrected chi connectivity index (χ4v) is 3.57. The molecule has 3 fully saturated rings. The van der Waals surface area contributed by atoms with Crippen molar-refractivity contribution >= 4 is 41.7 Å². The van der Waals surface area contributed by atoms with Gasteiger partial charge in [0.2, 0.25) is 0 Å². The van der Waals surface area contributed by atoms with Crippen LogP contribution in [0, 0.1) is 5.92 Å². The zero-order chi connectivity index (χ0) is 24.5. The number of ether oxygens (including phenoxy) is 1. The van der Waals surface area contributed by atoms with Crippen molar-refractivity contribution < 1.29 is 48.0 Å². The number of carbonyl (C=O) groups excluding carboxylic acids is 7. The van der Waals surface area contributed by atoms with E-state index in [1.807, 2.05) is 0 Å². The molecule has 0 bridgehead atoms. The number of hydrogen-bond acceptors (Lipinski definition) is 10. The molecule has 0 N–H and O–H groups in total. The van der Waals surface area contributed by atoms with Crippen molar-refractivity contribution in [1.82, 2.24) is 15.0 Å². The van der Waals surface area contributed by atoms with Gasteiger partial charge in [0.05, 0.1) is 5.92 Å². The SMILES string of the molecule is CC(C)(C)OC(=O)N1CC[C@H](C(=O)ON2C(=O)CCC2=O)C[C@@H]1C(=O)ON1C(=O)CCC1=O. The quantitative estimate of drug-likeness (QED) is 0.524. The van der Waals surface area contributed by atoms with Crippen LogP contribution in [0.1, 0.15) is 59.3 Å². The van der Waals surface area contributed by atoms with Gasteiger partial charge in [-0.15, -0.1) is 10.1 Å². The standard InChI is InChI=1S/C20H25N3O10/c1-20(2,3)31-19(30)21-9-8-11(17(28)32-22-13(24)4-5-14(22)25)10-12(21)18(29)33-23-15(26)6-7-16(23)27/h11-12H,4-10H2,1-3H3/t11-,12+/m0/s1. The summed E-state index contributed by atoms with van der Waals surface area (Å²) in [6.45, 7) is 4.79. The predicted octanol–water partition coefficient (Wildman–Crippen LogP) is 0.217. The Morgan fingerprint density at radius 3 is 1.70 bits per heavy atom. The lowest BCUT2D eigenvalue weighted by atomic mass is 9.91.